The molecule has 0 atom stereocenters. The van der Waals surface area contributed by atoms with E-state index in [1.54, 1.807) is 12.3 Å². The number of aromatic nitrogens is 2. The van der Waals surface area contributed by atoms with E-state index in [1.807, 2.05) is 31.2 Å². The molecule has 0 radical (unpaired) electrons. The zero-order valence-electron chi connectivity index (χ0n) is 16.3. The Morgan fingerprint density at radius 1 is 1.21 bits per heavy atom. The van der Waals surface area contributed by atoms with E-state index in [9.17, 15) is 9.59 Å². The van der Waals surface area contributed by atoms with Crippen molar-refractivity contribution in [3.63, 3.8) is 0 Å². The lowest BCUT2D eigenvalue weighted by Gasteiger charge is -2.16. The number of nitrogens with one attached hydrogen (secondary N) is 1. The quantitative estimate of drug-likeness (QED) is 0.722. The predicted molar refractivity (Wildman–Crippen MR) is 112 cm³/mol. The molecule has 1 aliphatic carbocycles. The first-order valence-corrected chi connectivity index (χ1v) is 10.00. The van der Waals surface area contributed by atoms with Crippen LogP contribution in [0.5, 0.6) is 5.75 Å². The van der Waals surface area contributed by atoms with Crippen LogP contribution in [-0.4, -0.2) is 22.4 Å². The summed E-state index contributed by atoms with van der Waals surface area (Å²) in [5.41, 5.74) is 5.21. The summed E-state index contributed by atoms with van der Waals surface area (Å²) in [6.45, 7) is 2.72. The van der Waals surface area contributed by atoms with Gasteiger partial charge in [0.15, 0.2) is 0 Å². The van der Waals surface area contributed by atoms with E-state index in [4.69, 9.17) is 9.72 Å². The Morgan fingerprint density at radius 3 is 2.83 bits per heavy atom. The average molecular weight is 388 g/mol. The molecule has 0 amide bonds. The molecule has 2 aliphatic rings. The third-order valence-electron chi connectivity index (χ3n) is 5.97. The number of pyridine rings is 2. The molecule has 29 heavy (non-hydrogen) atoms. The number of ether oxygens (including phenoxy) is 1. The minimum Gasteiger partial charge on any atom is -0.493 e. The number of H-pyrrole nitrogens is 1. The molecule has 3 aromatic rings. The first-order valence-electron chi connectivity index (χ1n) is 10.00. The van der Waals surface area contributed by atoms with Gasteiger partial charge in [-0.1, -0.05) is 12.1 Å². The Morgan fingerprint density at radius 2 is 2.07 bits per heavy atom. The van der Waals surface area contributed by atoms with Crippen LogP contribution in [0.25, 0.3) is 11.3 Å². The highest BCUT2D eigenvalue weighted by molar-refractivity contribution is 5.94. The molecule has 0 unspecified atom stereocenters. The predicted octanol–water partition coefficient (Wildman–Crippen LogP) is 3.77. The van der Waals surface area contributed by atoms with Crippen molar-refractivity contribution in [2.45, 2.75) is 38.0 Å². The highest BCUT2D eigenvalue weighted by Gasteiger charge is 2.50. The van der Waals surface area contributed by atoms with E-state index in [-0.39, 0.29) is 18.2 Å². The van der Waals surface area contributed by atoms with Crippen molar-refractivity contribution in [3.8, 4) is 17.0 Å². The zero-order valence-corrected chi connectivity index (χ0v) is 16.3. The monoisotopic (exact) mass is 388 g/mol. The van der Waals surface area contributed by atoms with Crippen LogP contribution < -0.4 is 10.3 Å². The van der Waals surface area contributed by atoms with Gasteiger partial charge >= 0.3 is 0 Å². The molecule has 0 saturated heterocycles. The van der Waals surface area contributed by atoms with Crippen molar-refractivity contribution in [2.24, 2.45) is 0 Å². The summed E-state index contributed by atoms with van der Waals surface area (Å²) in [7, 11) is 0. The van der Waals surface area contributed by atoms with Crippen molar-refractivity contribution in [3.05, 3.63) is 81.4 Å². The molecular weight excluding hydrogens is 364 g/mol. The molecule has 3 heterocycles. The van der Waals surface area contributed by atoms with Crippen molar-refractivity contribution < 1.29 is 11.0 Å². The third kappa shape index (κ3) is 3.27. The van der Waals surface area contributed by atoms with Crippen LogP contribution in [0.2, 0.25) is 0 Å². The fourth-order valence-corrected chi connectivity index (χ4v) is 4.22. The summed E-state index contributed by atoms with van der Waals surface area (Å²) in [6.07, 6.45) is 4.67. The molecule has 5 nitrogen and oxygen atoms in total. The number of carbonyl (C=O) groups excluding carboxylic acids is 1. The lowest BCUT2D eigenvalue weighted by Crippen LogP contribution is -2.23. The maximum absolute atomic E-state index is 13.3. The molecule has 1 saturated carbocycles. The topological polar surface area (TPSA) is 72.0 Å². The van der Waals surface area contributed by atoms with Gasteiger partial charge in [-0.3, -0.25) is 14.6 Å². The highest BCUT2D eigenvalue weighted by Crippen LogP contribution is 2.50. The standard InChI is InChI=1S/C24H22N2O3.H2/c1-15-10-19(26-20(11-15)17-2-5-23(28)25-14-17)13-22(27)24(7-8-24)18-3-4-21-16(12-18)6-9-29-21;/h2-5,10-12,14H,6-9,13H2,1H3,(H,25,28);1H. The van der Waals surface area contributed by atoms with Crippen molar-refractivity contribution in [2.75, 3.05) is 6.61 Å². The molecular formula is C24H24N2O3. The number of aryl methyl sites for hydroxylation is 1. The number of nitrogens with zero attached hydrogens (tertiary/aromatic N) is 1. The zero-order chi connectivity index (χ0) is 20.0. The Hall–Kier alpha value is -3.21. The van der Waals surface area contributed by atoms with Gasteiger partial charge in [-0.2, -0.15) is 0 Å². The number of fused-ring (bicyclic) bond motifs is 1. The number of Topliss-reactive ketones (excluding diaryl/α,β-unsaturated/α-hetero) is 1. The minimum atomic E-state index is -0.374. The Kier molecular flexibility index (Phi) is 4.12. The van der Waals surface area contributed by atoms with Gasteiger partial charge in [0.2, 0.25) is 5.56 Å². The Labute approximate surface area is 170 Å². The van der Waals surface area contributed by atoms with Gasteiger partial charge in [0.1, 0.15) is 11.5 Å². The summed E-state index contributed by atoms with van der Waals surface area (Å²) in [6, 6.07) is 13.4. The van der Waals surface area contributed by atoms with Gasteiger partial charge in [-0.05, 0) is 60.7 Å². The number of ketones is 1. The van der Waals surface area contributed by atoms with E-state index < -0.39 is 0 Å². The maximum Gasteiger partial charge on any atom is 0.247 e. The summed E-state index contributed by atoms with van der Waals surface area (Å²) < 4.78 is 5.60. The smallest absolute Gasteiger partial charge is 0.247 e. The number of hydrogen-bond donors (Lipinski definition) is 1. The van der Waals surface area contributed by atoms with Crippen LogP contribution in [0.4, 0.5) is 0 Å². The first kappa shape index (κ1) is 17.9. The van der Waals surface area contributed by atoms with E-state index in [1.165, 1.54) is 11.6 Å². The summed E-state index contributed by atoms with van der Waals surface area (Å²) >= 11 is 0. The second-order valence-electron chi connectivity index (χ2n) is 8.07. The van der Waals surface area contributed by atoms with Crippen LogP contribution in [0, 0.1) is 6.92 Å². The largest absolute Gasteiger partial charge is 0.493 e. The fraction of sp³-hybridized carbons (Fsp3) is 0.292. The second kappa shape index (κ2) is 6.69. The number of carbonyl (C=O) groups is 1. The molecule has 0 bridgehead atoms. The maximum atomic E-state index is 13.3. The normalized spacial score (nSPS) is 16.2. The number of rotatable bonds is 5. The molecule has 148 valence electrons. The third-order valence-corrected chi connectivity index (χ3v) is 5.97. The number of benzene rings is 1. The van der Waals surface area contributed by atoms with Crippen LogP contribution in [0.1, 0.15) is 36.7 Å². The Bertz CT molecular complexity index is 1160. The molecule has 1 N–H and O–H groups in total. The molecule has 0 spiro atoms. The van der Waals surface area contributed by atoms with Crippen molar-refractivity contribution in [1.29, 1.82) is 0 Å². The summed E-state index contributed by atoms with van der Waals surface area (Å²) in [5, 5.41) is 0. The van der Waals surface area contributed by atoms with E-state index in [0.717, 1.165) is 59.7 Å². The molecule has 1 fully saturated rings. The van der Waals surface area contributed by atoms with Crippen LogP contribution in [-0.2, 0) is 23.1 Å². The Balaban J connectivity index is 0.00000218. The highest BCUT2D eigenvalue weighted by atomic mass is 16.5. The van der Waals surface area contributed by atoms with Crippen molar-refractivity contribution >= 4 is 5.78 Å². The van der Waals surface area contributed by atoms with Gasteiger partial charge in [0.05, 0.1) is 17.7 Å². The first-order chi connectivity index (χ1) is 14.0. The fourth-order valence-electron chi connectivity index (χ4n) is 4.22. The lowest BCUT2D eigenvalue weighted by molar-refractivity contribution is -0.120. The van der Waals surface area contributed by atoms with E-state index in [2.05, 4.69) is 11.1 Å². The SMILES string of the molecule is Cc1cc(CC(=O)C2(c3ccc4c(c3)CCO4)CC2)nc(-c2ccc(=O)[nH]c2)c1.[HH]. The number of aromatic amines is 1. The van der Waals surface area contributed by atoms with E-state index >= 15 is 0 Å². The van der Waals surface area contributed by atoms with Gasteiger partial charge in [-0.25, -0.2) is 0 Å². The molecule has 1 aliphatic heterocycles. The van der Waals surface area contributed by atoms with Crippen LogP contribution in [0.3, 0.4) is 0 Å². The van der Waals surface area contributed by atoms with Crippen molar-refractivity contribution in [1.82, 2.24) is 9.97 Å². The summed E-state index contributed by atoms with van der Waals surface area (Å²) in [4.78, 5) is 32.0. The molecule has 5 heteroatoms. The second-order valence-corrected chi connectivity index (χ2v) is 8.07. The van der Waals surface area contributed by atoms with Crippen LogP contribution >= 0.6 is 0 Å². The molecule has 5 rings (SSSR count). The average Bonchev–Trinajstić information content (AvgIpc) is 3.39. The minimum absolute atomic E-state index is 0. The van der Waals surface area contributed by atoms with Crippen LogP contribution in [0.15, 0.2) is 53.5 Å². The van der Waals surface area contributed by atoms with Gasteiger partial charge in [0, 0.05) is 37.8 Å². The van der Waals surface area contributed by atoms with E-state index in [0.29, 0.717) is 6.42 Å². The van der Waals surface area contributed by atoms with Gasteiger partial charge in [0.25, 0.3) is 0 Å². The summed E-state index contributed by atoms with van der Waals surface area (Å²) in [5.74, 6) is 1.17. The molecule has 2 aromatic heterocycles. The lowest BCUT2D eigenvalue weighted by atomic mass is 9.87. The number of hydrogen-bond acceptors (Lipinski definition) is 4. The van der Waals surface area contributed by atoms with Gasteiger partial charge in [-0.15, -0.1) is 0 Å². The molecule has 1 aromatic carbocycles. The van der Waals surface area contributed by atoms with Gasteiger partial charge < -0.3 is 9.72 Å².